The molecule has 0 radical (unpaired) electrons. The highest BCUT2D eigenvalue weighted by molar-refractivity contribution is 5.80. The van der Waals surface area contributed by atoms with E-state index >= 15 is 0 Å². The van der Waals surface area contributed by atoms with Crippen LogP contribution in [0.2, 0.25) is 0 Å². The number of hydrogen-bond donors (Lipinski definition) is 0. The van der Waals surface area contributed by atoms with Crippen LogP contribution in [-0.4, -0.2) is 0 Å². The lowest BCUT2D eigenvalue weighted by molar-refractivity contribution is 0.933. The zero-order valence-corrected chi connectivity index (χ0v) is 12.3. The molecule has 0 unspecified atom stereocenters. The second kappa shape index (κ2) is 6.41. The molecule has 0 aromatic heterocycles. The third-order valence-corrected chi connectivity index (χ3v) is 4.01. The van der Waals surface area contributed by atoms with E-state index in [0.29, 0.717) is 0 Å². The Bertz CT molecular complexity index is 672. The Kier molecular flexibility index (Phi) is 4.16. The van der Waals surface area contributed by atoms with Crippen LogP contribution in [0.5, 0.6) is 0 Å². The smallest absolute Gasteiger partial charge is 0.00941 e. The molecule has 2 aromatic rings. The molecule has 0 bridgehead atoms. The summed E-state index contributed by atoms with van der Waals surface area (Å²) in [5.74, 6) is 0. The topological polar surface area (TPSA) is 0 Å². The summed E-state index contributed by atoms with van der Waals surface area (Å²) in [7, 11) is 0. The Balaban J connectivity index is 1.97. The van der Waals surface area contributed by atoms with Crippen molar-refractivity contribution in [3.8, 4) is 0 Å². The van der Waals surface area contributed by atoms with E-state index in [-0.39, 0.29) is 0 Å². The van der Waals surface area contributed by atoms with E-state index in [9.17, 15) is 0 Å². The average molecular weight is 272 g/mol. The number of allylic oxidation sites excluding steroid dienone is 5. The Morgan fingerprint density at radius 2 is 1.57 bits per heavy atom. The van der Waals surface area contributed by atoms with E-state index in [0.717, 1.165) is 6.42 Å². The first-order valence-corrected chi connectivity index (χ1v) is 7.53. The predicted octanol–water partition coefficient (Wildman–Crippen LogP) is 5.89. The number of rotatable bonds is 5. The van der Waals surface area contributed by atoms with Crippen molar-refractivity contribution in [2.45, 2.75) is 19.3 Å². The molecule has 2 aromatic carbocycles. The lowest BCUT2D eigenvalue weighted by Gasteiger charge is -2.23. The van der Waals surface area contributed by atoms with Gasteiger partial charge in [0.2, 0.25) is 0 Å². The lowest BCUT2D eigenvalue weighted by atomic mass is 9.82. The van der Waals surface area contributed by atoms with Crippen molar-refractivity contribution in [1.29, 1.82) is 0 Å². The van der Waals surface area contributed by atoms with Crippen molar-refractivity contribution < 1.29 is 0 Å². The highest BCUT2D eigenvalue weighted by Crippen LogP contribution is 2.38. The Hall–Kier alpha value is -2.34. The van der Waals surface area contributed by atoms with E-state index in [1.165, 1.54) is 40.7 Å². The molecule has 0 N–H and O–H groups in total. The maximum atomic E-state index is 3.90. The van der Waals surface area contributed by atoms with Crippen LogP contribution < -0.4 is 0 Å². The average Bonchev–Trinajstić information content (AvgIpc) is 2.52. The zero-order chi connectivity index (χ0) is 14.5. The van der Waals surface area contributed by atoms with Gasteiger partial charge in [-0.05, 0) is 47.1 Å². The van der Waals surface area contributed by atoms with E-state index in [1.54, 1.807) is 0 Å². The molecule has 1 aliphatic rings. The zero-order valence-electron chi connectivity index (χ0n) is 12.3. The predicted molar refractivity (Wildman–Crippen MR) is 91.8 cm³/mol. The summed E-state index contributed by atoms with van der Waals surface area (Å²) in [6.07, 6.45) is 7.63. The minimum Gasteiger partial charge on any atom is -0.103 e. The molecule has 21 heavy (non-hydrogen) atoms. The Morgan fingerprint density at radius 3 is 2.14 bits per heavy atom. The van der Waals surface area contributed by atoms with Crippen LogP contribution in [0.25, 0.3) is 11.1 Å². The van der Waals surface area contributed by atoms with Gasteiger partial charge >= 0.3 is 0 Å². The molecule has 0 saturated heterocycles. The molecule has 104 valence electrons. The molecule has 0 atom stereocenters. The molecular weight excluding hydrogens is 252 g/mol. The van der Waals surface area contributed by atoms with Gasteiger partial charge in [-0.25, -0.2) is 0 Å². The SMILES string of the molecule is C=CC/C(=C/C1=C(c2ccccc2)CC1)c1ccccc1. The summed E-state index contributed by atoms with van der Waals surface area (Å²) in [6.45, 7) is 3.90. The van der Waals surface area contributed by atoms with Gasteiger partial charge in [0, 0.05) is 0 Å². The standard InChI is InChI=1S/C21H20/c1-2-9-19(17-10-5-3-6-11-17)16-20-14-15-21(20)18-12-7-4-8-13-18/h2-8,10-13,16H,1,9,14-15H2/b19-16-. The summed E-state index contributed by atoms with van der Waals surface area (Å²) in [5.41, 5.74) is 6.98. The van der Waals surface area contributed by atoms with E-state index in [2.05, 4.69) is 73.3 Å². The monoisotopic (exact) mass is 272 g/mol. The van der Waals surface area contributed by atoms with Crippen LogP contribution in [0.15, 0.2) is 85.0 Å². The fraction of sp³-hybridized carbons (Fsp3) is 0.143. The van der Waals surface area contributed by atoms with Gasteiger partial charge in [-0.1, -0.05) is 72.8 Å². The highest BCUT2D eigenvalue weighted by Gasteiger charge is 2.17. The normalized spacial score (nSPS) is 14.8. The molecule has 1 aliphatic carbocycles. The van der Waals surface area contributed by atoms with Crippen LogP contribution >= 0.6 is 0 Å². The van der Waals surface area contributed by atoms with Crippen molar-refractivity contribution in [3.63, 3.8) is 0 Å². The van der Waals surface area contributed by atoms with E-state index in [1.807, 2.05) is 6.08 Å². The maximum Gasteiger partial charge on any atom is -0.00941 e. The van der Waals surface area contributed by atoms with Crippen LogP contribution in [0.4, 0.5) is 0 Å². The van der Waals surface area contributed by atoms with E-state index < -0.39 is 0 Å². The van der Waals surface area contributed by atoms with Gasteiger partial charge in [0.15, 0.2) is 0 Å². The highest BCUT2D eigenvalue weighted by atomic mass is 14.2. The molecule has 0 aliphatic heterocycles. The maximum absolute atomic E-state index is 3.90. The second-order valence-electron chi connectivity index (χ2n) is 5.40. The van der Waals surface area contributed by atoms with E-state index in [4.69, 9.17) is 0 Å². The summed E-state index contributed by atoms with van der Waals surface area (Å²) >= 11 is 0. The van der Waals surface area contributed by atoms with Crippen molar-refractivity contribution in [3.05, 3.63) is 96.1 Å². The Labute approximate surface area is 127 Å². The van der Waals surface area contributed by atoms with Gasteiger partial charge in [0.1, 0.15) is 0 Å². The minimum atomic E-state index is 0.912. The van der Waals surface area contributed by atoms with Crippen molar-refractivity contribution in [2.24, 2.45) is 0 Å². The van der Waals surface area contributed by atoms with Gasteiger partial charge in [0.25, 0.3) is 0 Å². The summed E-state index contributed by atoms with van der Waals surface area (Å²) in [5, 5.41) is 0. The van der Waals surface area contributed by atoms with Crippen LogP contribution in [0, 0.1) is 0 Å². The van der Waals surface area contributed by atoms with Gasteiger partial charge in [-0.3, -0.25) is 0 Å². The van der Waals surface area contributed by atoms with Gasteiger partial charge in [-0.15, -0.1) is 6.58 Å². The lowest BCUT2D eigenvalue weighted by Crippen LogP contribution is -2.02. The molecule has 0 heterocycles. The third kappa shape index (κ3) is 3.05. The first-order valence-electron chi connectivity index (χ1n) is 7.53. The summed E-state index contributed by atoms with van der Waals surface area (Å²) in [4.78, 5) is 0. The number of benzene rings is 2. The molecular formula is C21H20. The van der Waals surface area contributed by atoms with Crippen molar-refractivity contribution >= 4 is 11.1 Å². The minimum absolute atomic E-state index is 0.912. The summed E-state index contributed by atoms with van der Waals surface area (Å²) < 4.78 is 0. The van der Waals surface area contributed by atoms with Crippen molar-refractivity contribution in [1.82, 2.24) is 0 Å². The molecule has 3 rings (SSSR count). The third-order valence-electron chi connectivity index (χ3n) is 4.01. The van der Waals surface area contributed by atoms with Crippen LogP contribution in [-0.2, 0) is 0 Å². The van der Waals surface area contributed by atoms with Gasteiger partial charge in [-0.2, -0.15) is 0 Å². The van der Waals surface area contributed by atoms with Crippen LogP contribution in [0.1, 0.15) is 30.4 Å². The van der Waals surface area contributed by atoms with Gasteiger partial charge < -0.3 is 0 Å². The largest absolute Gasteiger partial charge is 0.103 e. The quantitative estimate of drug-likeness (QED) is 0.595. The second-order valence-corrected chi connectivity index (χ2v) is 5.40. The van der Waals surface area contributed by atoms with Gasteiger partial charge in [0.05, 0.1) is 0 Å². The fourth-order valence-corrected chi connectivity index (χ4v) is 2.80. The molecule has 0 heteroatoms. The molecule has 0 nitrogen and oxygen atoms in total. The summed E-state index contributed by atoms with van der Waals surface area (Å²) in [6, 6.07) is 21.3. The number of hydrogen-bond acceptors (Lipinski definition) is 0. The first-order chi connectivity index (χ1) is 10.4. The Morgan fingerprint density at radius 1 is 0.905 bits per heavy atom. The molecule has 0 saturated carbocycles. The fourth-order valence-electron chi connectivity index (χ4n) is 2.80. The molecule has 0 fully saturated rings. The van der Waals surface area contributed by atoms with Crippen molar-refractivity contribution in [2.75, 3.05) is 0 Å². The van der Waals surface area contributed by atoms with Crippen LogP contribution in [0.3, 0.4) is 0 Å². The molecule has 0 amide bonds. The molecule has 0 spiro atoms. The first kappa shape index (κ1) is 13.6.